The van der Waals surface area contributed by atoms with Crippen molar-refractivity contribution in [2.75, 3.05) is 7.05 Å². The third-order valence-electron chi connectivity index (χ3n) is 2.17. The predicted molar refractivity (Wildman–Crippen MR) is 72.1 cm³/mol. The summed E-state index contributed by atoms with van der Waals surface area (Å²) in [6.45, 7) is 2.73. The summed E-state index contributed by atoms with van der Waals surface area (Å²) in [5.74, 6) is 0.831. The number of benzene rings is 1. The van der Waals surface area contributed by atoms with Crippen LogP contribution in [0.25, 0.3) is 0 Å². The number of H-pyrrole nitrogens is 1. The average molecular weight is 313 g/mol. The molecule has 90 valence electrons. The molecular formula is C11H13BrN4S. The molecule has 0 atom stereocenters. The number of hydrogen-bond acceptors (Lipinski definition) is 4. The Kier molecular flexibility index (Phi) is 4.20. The normalized spacial score (nSPS) is 10.8. The highest BCUT2D eigenvalue weighted by molar-refractivity contribution is 9.10. The molecular weight excluding hydrogens is 300 g/mol. The highest BCUT2D eigenvalue weighted by Gasteiger charge is 2.08. The van der Waals surface area contributed by atoms with Crippen LogP contribution in [0.2, 0.25) is 0 Å². The Morgan fingerprint density at radius 1 is 1.47 bits per heavy atom. The van der Waals surface area contributed by atoms with Crippen LogP contribution in [0, 0.1) is 6.92 Å². The van der Waals surface area contributed by atoms with E-state index < -0.39 is 0 Å². The SMILES string of the molecule is CNCc1ccc(Br)cc1Sc1n[nH]c(C)n1. The first kappa shape index (κ1) is 12.6. The summed E-state index contributed by atoms with van der Waals surface area (Å²) in [5, 5.41) is 10.9. The van der Waals surface area contributed by atoms with Crippen LogP contribution in [-0.4, -0.2) is 22.2 Å². The van der Waals surface area contributed by atoms with E-state index in [2.05, 4.69) is 48.6 Å². The molecule has 0 aliphatic rings. The third-order valence-corrected chi connectivity index (χ3v) is 3.63. The van der Waals surface area contributed by atoms with Gasteiger partial charge in [0.1, 0.15) is 5.82 Å². The zero-order chi connectivity index (χ0) is 12.3. The third kappa shape index (κ3) is 3.31. The first-order chi connectivity index (χ1) is 8.19. The lowest BCUT2D eigenvalue weighted by atomic mass is 10.2. The van der Waals surface area contributed by atoms with E-state index in [0.717, 1.165) is 26.9 Å². The minimum Gasteiger partial charge on any atom is -0.316 e. The Balaban J connectivity index is 2.26. The van der Waals surface area contributed by atoms with Crippen LogP contribution in [-0.2, 0) is 6.54 Å². The van der Waals surface area contributed by atoms with Crippen molar-refractivity contribution in [2.45, 2.75) is 23.5 Å². The number of aromatic amines is 1. The smallest absolute Gasteiger partial charge is 0.213 e. The van der Waals surface area contributed by atoms with E-state index in [1.165, 1.54) is 5.56 Å². The maximum Gasteiger partial charge on any atom is 0.213 e. The van der Waals surface area contributed by atoms with Gasteiger partial charge >= 0.3 is 0 Å². The Morgan fingerprint density at radius 3 is 2.94 bits per heavy atom. The molecule has 2 N–H and O–H groups in total. The van der Waals surface area contributed by atoms with E-state index in [-0.39, 0.29) is 0 Å². The van der Waals surface area contributed by atoms with Gasteiger partial charge in [0.05, 0.1) is 0 Å². The Hall–Kier alpha value is -0.850. The summed E-state index contributed by atoms with van der Waals surface area (Å²) >= 11 is 5.05. The zero-order valence-corrected chi connectivity index (χ0v) is 12.0. The monoisotopic (exact) mass is 312 g/mol. The highest BCUT2D eigenvalue weighted by atomic mass is 79.9. The summed E-state index contributed by atoms with van der Waals surface area (Å²) in [7, 11) is 1.94. The van der Waals surface area contributed by atoms with Crippen LogP contribution in [0.1, 0.15) is 11.4 Å². The summed E-state index contributed by atoms with van der Waals surface area (Å²) in [6, 6.07) is 6.23. The van der Waals surface area contributed by atoms with Crippen molar-refractivity contribution in [3.63, 3.8) is 0 Å². The summed E-state index contributed by atoms with van der Waals surface area (Å²) in [5.41, 5.74) is 1.24. The minimum absolute atomic E-state index is 0.748. The van der Waals surface area contributed by atoms with E-state index >= 15 is 0 Å². The maximum absolute atomic E-state index is 4.30. The fourth-order valence-corrected chi connectivity index (χ4v) is 2.87. The lowest BCUT2D eigenvalue weighted by Gasteiger charge is -2.07. The molecule has 1 aromatic heterocycles. The molecule has 0 saturated carbocycles. The molecule has 0 unspecified atom stereocenters. The van der Waals surface area contributed by atoms with Crippen LogP contribution < -0.4 is 5.32 Å². The average Bonchev–Trinajstić information content (AvgIpc) is 2.68. The number of halogens is 1. The standard InChI is InChI=1S/C11H13BrN4S/c1-7-14-11(16-15-7)17-10-5-9(12)4-3-8(10)6-13-2/h3-5,13H,6H2,1-2H3,(H,14,15,16). The molecule has 0 fully saturated rings. The molecule has 0 aliphatic carbocycles. The zero-order valence-electron chi connectivity index (χ0n) is 9.62. The molecule has 0 bridgehead atoms. The number of aryl methyl sites for hydroxylation is 1. The Labute approximate surface area is 113 Å². The minimum atomic E-state index is 0.748. The second-order valence-corrected chi connectivity index (χ2v) is 5.51. The molecule has 17 heavy (non-hydrogen) atoms. The van der Waals surface area contributed by atoms with Crippen molar-refractivity contribution in [1.29, 1.82) is 0 Å². The van der Waals surface area contributed by atoms with Crippen LogP contribution in [0.15, 0.2) is 32.7 Å². The van der Waals surface area contributed by atoms with Crippen LogP contribution in [0.3, 0.4) is 0 Å². The van der Waals surface area contributed by atoms with Gasteiger partial charge in [-0.05, 0) is 43.4 Å². The number of nitrogens with zero attached hydrogens (tertiary/aromatic N) is 2. The molecule has 0 saturated heterocycles. The highest BCUT2D eigenvalue weighted by Crippen LogP contribution is 2.30. The van der Waals surface area contributed by atoms with Crippen LogP contribution >= 0.6 is 27.7 Å². The van der Waals surface area contributed by atoms with E-state index in [9.17, 15) is 0 Å². The van der Waals surface area contributed by atoms with Crippen molar-refractivity contribution in [2.24, 2.45) is 0 Å². The fourth-order valence-electron chi connectivity index (χ4n) is 1.43. The van der Waals surface area contributed by atoms with Crippen LogP contribution in [0.4, 0.5) is 0 Å². The van der Waals surface area contributed by atoms with E-state index in [4.69, 9.17) is 0 Å². The first-order valence-corrected chi connectivity index (χ1v) is 6.80. The van der Waals surface area contributed by atoms with E-state index in [1.54, 1.807) is 11.8 Å². The molecule has 1 aromatic carbocycles. The van der Waals surface area contributed by atoms with E-state index in [0.29, 0.717) is 0 Å². The van der Waals surface area contributed by atoms with Gasteiger partial charge in [-0.3, -0.25) is 5.10 Å². The lowest BCUT2D eigenvalue weighted by molar-refractivity contribution is 0.802. The van der Waals surface area contributed by atoms with Crippen molar-refractivity contribution in [1.82, 2.24) is 20.5 Å². The molecule has 0 radical (unpaired) electrons. The molecule has 6 heteroatoms. The molecule has 2 aromatic rings. The number of nitrogens with one attached hydrogen (secondary N) is 2. The molecule has 2 rings (SSSR count). The van der Waals surface area contributed by atoms with Crippen molar-refractivity contribution in [3.05, 3.63) is 34.1 Å². The van der Waals surface area contributed by atoms with Gasteiger partial charge in [-0.1, -0.05) is 22.0 Å². The second-order valence-electron chi connectivity index (χ2n) is 3.59. The number of aromatic nitrogens is 3. The predicted octanol–water partition coefficient (Wildman–Crippen LogP) is 2.75. The first-order valence-electron chi connectivity index (χ1n) is 5.19. The molecule has 0 spiro atoms. The van der Waals surface area contributed by atoms with Gasteiger partial charge in [0.25, 0.3) is 0 Å². The number of hydrogen-bond donors (Lipinski definition) is 2. The lowest BCUT2D eigenvalue weighted by Crippen LogP contribution is -2.06. The van der Waals surface area contributed by atoms with Crippen LogP contribution in [0.5, 0.6) is 0 Å². The van der Waals surface area contributed by atoms with Gasteiger partial charge in [0.15, 0.2) is 0 Å². The van der Waals surface area contributed by atoms with Crippen molar-refractivity contribution in [3.8, 4) is 0 Å². The van der Waals surface area contributed by atoms with Gasteiger partial charge < -0.3 is 5.32 Å². The van der Waals surface area contributed by atoms with E-state index in [1.807, 2.05) is 20.0 Å². The van der Waals surface area contributed by atoms with Gasteiger partial charge in [0, 0.05) is 15.9 Å². The number of rotatable bonds is 4. The summed E-state index contributed by atoms with van der Waals surface area (Å²) in [4.78, 5) is 5.46. The fraction of sp³-hybridized carbons (Fsp3) is 0.273. The molecule has 0 aliphatic heterocycles. The van der Waals surface area contributed by atoms with Gasteiger partial charge in [-0.25, -0.2) is 4.98 Å². The topological polar surface area (TPSA) is 53.6 Å². The Bertz CT molecular complexity index is 512. The molecule has 4 nitrogen and oxygen atoms in total. The second kappa shape index (κ2) is 5.66. The summed E-state index contributed by atoms with van der Waals surface area (Å²) < 4.78 is 1.06. The quantitative estimate of drug-likeness (QED) is 0.911. The molecule has 1 heterocycles. The van der Waals surface area contributed by atoms with Crippen molar-refractivity contribution < 1.29 is 0 Å². The van der Waals surface area contributed by atoms with Gasteiger partial charge in [0.2, 0.25) is 5.16 Å². The Morgan fingerprint density at radius 2 is 2.29 bits per heavy atom. The van der Waals surface area contributed by atoms with Crippen molar-refractivity contribution >= 4 is 27.7 Å². The molecule has 0 amide bonds. The maximum atomic E-state index is 4.30. The largest absolute Gasteiger partial charge is 0.316 e. The van der Waals surface area contributed by atoms with Gasteiger partial charge in [-0.15, -0.1) is 5.10 Å². The summed E-state index contributed by atoms with van der Waals surface area (Å²) in [6.07, 6.45) is 0. The van der Waals surface area contributed by atoms with Gasteiger partial charge in [-0.2, -0.15) is 0 Å².